The minimum Gasteiger partial charge on any atom is -0.497 e. The van der Waals surface area contributed by atoms with Gasteiger partial charge in [0.2, 0.25) is 5.91 Å². The lowest BCUT2D eigenvalue weighted by atomic mass is 9.97. The molecule has 2 heterocycles. The number of aliphatic carboxylic acids is 1. The Morgan fingerprint density at radius 3 is 3.00 bits per heavy atom. The maximum Gasteiger partial charge on any atom is 0.308 e. The topological polar surface area (TPSA) is 80.0 Å². The molecule has 0 spiro atoms. The number of amides is 1. The Balaban J connectivity index is 1.74. The molecule has 6 heteroatoms. The average Bonchev–Trinajstić information content (AvgIpc) is 2.97. The summed E-state index contributed by atoms with van der Waals surface area (Å²) in [7, 11) is 1.59. The molecule has 0 saturated carbocycles. The fourth-order valence-corrected chi connectivity index (χ4v) is 3.01. The second kappa shape index (κ2) is 6.32. The van der Waals surface area contributed by atoms with Gasteiger partial charge in [0, 0.05) is 30.1 Å². The van der Waals surface area contributed by atoms with Crippen molar-refractivity contribution >= 4 is 22.8 Å². The van der Waals surface area contributed by atoms with E-state index in [1.54, 1.807) is 24.3 Å². The second-order valence-corrected chi connectivity index (χ2v) is 5.82. The van der Waals surface area contributed by atoms with Crippen molar-refractivity contribution in [2.24, 2.45) is 5.92 Å². The minimum absolute atomic E-state index is 0.0607. The van der Waals surface area contributed by atoms with Crippen LogP contribution in [0.25, 0.3) is 11.0 Å². The first-order valence-electron chi connectivity index (χ1n) is 7.63. The molecule has 0 radical (unpaired) electrons. The van der Waals surface area contributed by atoms with Gasteiger partial charge in [0.15, 0.2) is 0 Å². The highest BCUT2D eigenvalue weighted by atomic mass is 16.5. The van der Waals surface area contributed by atoms with Gasteiger partial charge in [0.05, 0.1) is 25.7 Å². The van der Waals surface area contributed by atoms with Crippen LogP contribution in [0.1, 0.15) is 18.4 Å². The molecule has 1 N–H and O–H groups in total. The molecule has 23 heavy (non-hydrogen) atoms. The third-order valence-electron chi connectivity index (χ3n) is 4.33. The van der Waals surface area contributed by atoms with Crippen LogP contribution in [-0.2, 0) is 16.0 Å². The van der Waals surface area contributed by atoms with Gasteiger partial charge in [0.1, 0.15) is 11.3 Å². The Labute approximate surface area is 133 Å². The Hall–Kier alpha value is -2.50. The lowest BCUT2D eigenvalue weighted by Gasteiger charge is -2.30. The highest BCUT2D eigenvalue weighted by molar-refractivity contribution is 5.88. The maximum atomic E-state index is 12.5. The lowest BCUT2D eigenvalue weighted by molar-refractivity contribution is -0.145. The van der Waals surface area contributed by atoms with E-state index in [-0.39, 0.29) is 18.9 Å². The van der Waals surface area contributed by atoms with Gasteiger partial charge in [-0.1, -0.05) is 0 Å². The number of furan rings is 1. The van der Waals surface area contributed by atoms with Gasteiger partial charge in [-0.05, 0) is 25.0 Å². The van der Waals surface area contributed by atoms with E-state index in [4.69, 9.17) is 14.3 Å². The van der Waals surface area contributed by atoms with Crippen LogP contribution < -0.4 is 4.74 Å². The van der Waals surface area contributed by atoms with Crippen LogP contribution >= 0.6 is 0 Å². The Kier molecular flexibility index (Phi) is 4.23. The molecule has 1 aromatic carbocycles. The van der Waals surface area contributed by atoms with Crippen molar-refractivity contribution in [3.63, 3.8) is 0 Å². The first-order chi connectivity index (χ1) is 11.1. The van der Waals surface area contributed by atoms with Crippen molar-refractivity contribution in [2.45, 2.75) is 19.3 Å². The summed E-state index contributed by atoms with van der Waals surface area (Å²) in [6.07, 6.45) is 3.16. The number of carbonyl (C=O) groups is 2. The molecule has 122 valence electrons. The number of ether oxygens (including phenoxy) is 1. The quantitative estimate of drug-likeness (QED) is 0.936. The molecule has 1 aliphatic rings. The molecule has 1 saturated heterocycles. The van der Waals surface area contributed by atoms with Gasteiger partial charge >= 0.3 is 5.97 Å². The van der Waals surface area contributed by atoms with Crippen LogP contribution in [0, 0.1) is 5.92 Å². The number of carboxylic acid groups (broad SMARTS) is 1. The summed E-state index contributed by atoms with van der Waals surface area (Å²) < 4.78 is 10.6. The summed E-state index contributed by atoms with van der Waals surface area (Å²) in [4.78, 5) is 25.2. The molecule has 1 aromatic heterocycles. The number of carboxylic acids is 1. The minimum atomic E-state index is -0.830. The number of hydrogen-bond acceptors (Lipinski definition) is 4. The van der Waals surface area contributed by atoms with Gasteiger partial charge in [0.25, 0.3) is 0 Å². The molecule has 1 atom stereocenters. The SMILES string of the molecule is COc1ccc2c(CC(=O)N3CCC[C@@H](C(=O)O)C3)coc2c1. The summed E-state index contributed by atoms with van der Waals surface area (Å²) in [6.45, 7) is 0.907. The molecule has 0 aliphatic carbocycles. The van der Waals surface area contributed by atoms with E-state index in [9.17, 15) is 9.59 Å². The molecule has 0 unspecified atom stereocenters. The van der Waals surface area contributed by atoms with E-state index in [0.717, 1.165) is 17.4 Å². The molecule has 1 amide bonds. The van der Waals surface area contributed by atoms with Crippen molar-refractivity contribution < 1.29 is 23.8 Å². The monoisotopic (exact) mass is 317 g/mol. The number of hydrogen-bond donors (Lipinski definition) is 1. The normalized spacial score (nSPS) is 18.1. The van der Waals surface area contributed by atoms with E-state index in [0.29, 0.717) is 24.3 Å². The number of methoxy groups -OCH3 is 1. The molecule has 2 aromatic rings. The average molecular weight is 317 g/mol. The molecule has 3 rings (SSSR count). The van der Waals surface area contributed by atoms with Crippen LogP contribution in [0.15, 0.2) is 28.9 Å². The summed E-state index contributed by atoms with van der Waals surface area (Å²) >= 11 is 0. The standard InChI is InChI=1S/C17H19NO5/c1-22-13-4-5-14-12(10-23-15(14)8-13)7-16(19)18-6-2-3-11(9-18)17(20)21/h4-5,8,10-11H,2-3,6-7,9H2,1H3,(H,20,21)/t11-/m1/s1. The summed E-state index contributed by atoms with van der Waals surface area (Å²) in [5, 5.41) is 10.0. The van der Waals surface area contributed by atoms with Crippen LogP contribution in [-0.4, -0.2) is 42.1 Å². The van der Waals surface area contributed by atoms with Crippen molar-refractivity contribution in [3.8, 4) is 5.75 Å². The number of nitrogens with zero attached hydrogens (tertiary/aromatic N) is 1. The van der Waals surface area contributed by atoms with E-state index in [1.165, 1.54) is 0 Å². The van der Waals surface area contributed by atoms with Crippen LogP contribution in [0.5, 0.6) is 5.75 Å². The first-order valence-corrected chi connectivity index (χ1v) is 7.63. The highest BCUT2D eigenvalue weighted by Crippen LogP contribution is 2.26. The first kappa shape index (κ1) is 15.4. The van der Waals surface area contributed by atoms with Gasteiger partial charge in [-0.2, -0.15) is 0 Å². The zero-order valence-corrected chi connectivity index (χ0v) is 12.9. The van der Waals surface area contributed by atoms with E-state index in [1.807, 2.05) is 12.1 Å². The Morgan fingerprint density at radius 1 is 1.43 bits per heavy atom. The van der Waals surface area contributed by atoms with Gasteiger partial charge < -0.3 is 19.2 Å². The van der Waals surface area contributed by atoms with Gasteiger partial charge in [-0.3, -0.25) is 9.59 Å². The second-order valence-electron chi connectivity index (χ2n) is 5.82. The number of rotatable bonds is 4. The fourth-order valence-electron chi connectivity index (χ4n) is 3.01. The number of piperidine rings is 1. The molecular formula is C17H19NO5. The van der Waals surface area contributed by atoms with Crippen molar-refractivity contribution in [2.75, 3.05) is 20.2 Å². The zero-order valence-electron chi connectivity index (χ0n) is 12.9. The summed E-state index contributed by atoms with van der Waals surface area (Å²) in [5.41, 5.74) is 1.49. The summed E-state index contributed by atoms with van der Waals surface area (Å²) in [6, 6.07) is 5.48. The van der Waals surface area contributed by atoms with E-state index in [2.05, 4.69) is 0 Å². The van der Waals surface area contributed by atoms with Crippen molar-refractivity contribution in [3.05, 3.63) is 30.0 Å². The lowest BCUT2D eigenvalue weighted by Crippen LogP contribution is -2.42. The number of carbonyl (C=O) groups excluding carboxylic acids is 1. The number of likely N-dealkylation sites (tertiary alicyclic amines) is 1. The smallest absolute Gasteiger partial charge is 0.308 e. The predicted octanol–water partition coefficient (Wildman–Crippen LogP) is 2.31. The molecular weight excluding hydrogens is 298 g/mol. The Morgan fingerprint density at radius 2 is 2.26 bits per heavy atom. The Bertz CT molecular complexity index is 736. The predicted molar refractivity (Wildman–Crippen MR) is 83.4 cm³/mol. The van der Waals surface area contributed by atoms with E-state index < -0.39 is 11.9 Å². The zero-order chi connectivity index (χ0) is 16.4. The maximum absolute atomic E-state index is 12.5. The summed E-state index contributed by atoms with van der Waals surface area (Å²) in [5.74, 6) is -0.652. The molecule has 1 aliphatic heterocycles. The number of benzene rings is 1. The molecule has 6 nitrogen and oxygen atoms in total. The number of fused-ring (bicyclic) bond motifs is 1. The highest BCUT2D eigenvalue weighted by Gasteiger charge is 2.28. The largest absolute Gasteiger partial charge is 0.497 e. The third-order valence-corrected chi connectivity index (χ3v) is 4.33. The van der Waals surface area contributed by atoms with Gasteiger partial charge in [-0.25, -0.2) is 0 Å². The van der Waals surface area contributed by atoms with Gasteiger partial charge in [-0.15, -0.1) is 0 Å². The van der Waals surface area contributed by atoms with Crippen LogP contribution in [0.2, 0.25) is 0 Å². The molecule has 0 bridgehead atoms. The molecule has 1 fully saturated rings. The fraction of sp³-hybridized carbons (Fsp3) is 0.412. The van der Waals surface area contributed by atoms with Crippen LogP contribution in [0.3, 0.4) is 0 Å². The van der Waals surface area contributed by atoms with Crippen LogP contribution in [0.4, 0.5) is 0 Å². The van der Waals surface area contributed by atoms with Crippen molar-refractivity contribution in [1.29, 1.82) is 0 Å². The van der Waals surface area contributed by atoms with E-state index >= 15 is 0 Å². The third kappa shape index (κ3) is 3.16. The van der Waals surface area contributed by atoms with Crippen molar-refractivity contribution in [1.82, 2.24) is 4.90 Å².